The van der Waals surface area contributed by atoms with Crippen molar-refractivity contribution < 1.29 is 4.79 Å². The molecular formula is C10H22N4O. The lowest BCUT2D eigenvalue weighted by Gasteiger charge is -2.30. The number of piperidine rings is 1. The first kappa shape index (κ1) is 12.3. The van der Waals surface area contributed by atoms with E-state index in [1.807, 2.05) is 0 Å². The van der Waals surface area contributed by atoms with Crippen molar-refractivity contribution in [3.8, 4) is 0 Å². The van der Waals surface area contributed by atoms with Crippen LogP contribution < -0.4 is 11.3 Å². The molecule has 1 atom stereocenters. The highest BCUT2D eigenvalue weighted by molar-refractivity contribution is 5.72. The van der Waals surface area contributed by atoms with Gasteiger partial charge in [0, 0.05) is 20.1 Å². The third kappa shape index (κ3) is 4.05. The van der Waals surface area contributed by atoms with Crippen molar-refractivity contribution in [3.63, 3.8) is 0 Å². The molecule has 0 bridgehead atoms. The summed E-state index contributed by atoms with van der Waals surface area (Å²) in [7, 11) is 3.93. The first-order chi connectivity index (χ1) is 7.13. The number of nitrogens with two attached hydrogens (primary N) is 1. The molecule has 1 rings (SSSR count). The standard InChI is InChI=1S/C10H22N4O/c1-13-6-3-4-9(8-13)5-7-14(2)10(15)12-11/h9H,3-8,11H2,1-2H3,(H,12,15). The summed E-state index contributed by atoms with van der Waals surface area (Å²) in [6.45, 7) is 3.13. The van der Waals surface area contributed by atoms with Gasteiger partial charge in [0.2, 0.25) is 0 Å². The van der Waals surface area contributed by atoms with Crippen LogP contribution in [0.1, 0.15) is 19.3 Å². The molecule has 0 saturated carbocycles. The van der Waals surface area contributed by atoms with E-state index in [2.05, 4.69) is 17.4 Å². The molecule has 0 aromatic heterocycles. The normalized spacial score (nSPS) is 22.5. The third-order valence-corrected chi connectivity index (χ3v) is 3.07. The Bertz CT molecular complexity index is 210. The molecule has 1 aliphatic rings. The summed E-state index contributed by atoms with van der Waals surface area (Å²) in [5.74, 6) is 5.77. The predicted octanol–water partition coefficient (Wildman–Crippen LogP) is 0.233. The zero-order valence-electron chi connectivity index (χ0n) is 9.70. The van der Waals surface area contributed by atoms with Crippen LogP contribution in [0.5, 0.6) is 0 Å². The third-order valence-electron chi connectivity index (χ3n) is 3.07. The number of hydrogen-bond acceptors (Lipinski definition) is 3. The van der Waals surface area contributed by atoms with Crippen LogP contribution in [0, 0.1) is 5.92 Å². The van der Waals surface area contributed by atoms with Gasteiger partial charge in [-0.1, -0.05) is 0 Å². The molecule has 5 heteroatoms. The molecule has 1 saturated heterocycles. The summed E-state index contributed by atoms with van der Waals surface area (Å²) in [5.41, 5.74) is 2.14. The Morgan fingerprint density at radius 2 is 2.40 bits per heavy atom. The zero-order chi connectivity index (χ0) is 11.3. The molecule has 0 aromatic carbocycles. The van der Waals surface area contributed by atoms with E-state index in [0.29, 0.717) is 0 Å². The van der Waals surface area contributed by atoms with E-state index in [9.17, 15) is 4.79 Å². The Labute approximate surface area is 91.6 Å². The van der Waals surface area contributed by atoms with Crippen LogP contribution in [0.3, 0.4) is 0 Å². The molecule has 88 valence electrons. The molecule has 1 unspecified atom stereocenters. The van der Waals surface area contributed by atoms with E-state index in [4.69, 9.17) is 5.84 Å². The first-order valence-corrected chi connectivity index (χ1v) is 5.53. The van der Waals surface area contributed by atoms with Crippen molar-refractivity contribution in [1.82, 2.24) is 15.2 Å². The van der Waals surface area contributed by atoms with Gasteiger partial charge in [-0.3, -0.25) is 5.43 Å². The molecule has 2 amide bonds. The number of carbonyl (C=O) groups is 1. The lowest BCUT2D eigenvalue weighted by Crippen LogP contribution is -2.42. The van der Waals surface area contributed by atoms with Gasteiger partial charge in [-0.2, -0.15) is 0 Å². The van der Waals surface area contributed by atoms with Crippen LogP contribution in [0.2, 0.25) is 0 Å². The fraction of sp³-hybridized carbons (Fsp3) is 0.900. The highest BCUT2D eigenvalue weighted by atomic mass is 16.2. The average Bonchev–Trinajstić information content (AvgIpc) is 2.25. The maximum Gasteiger partial charge on any atom is 0.331 e. The molecule has 1 aliphatic heterocycles. The topological polar surface area (TPSA) is 61.6 Å². The average molecular weight is 214 g/mol. The van der Waals surface area contributed by atoms with Crippen molar-refractivity contribution in [2.75, 3.05) is 33.7 Å². The van der Waals surface area contributed by atoms with Gasteiger partial charge in [0.05, 0.1) is 0 Å². The predicted molar refractivity (Wildman–Crippen MR) is 60.2 cm³/mol. The minimum absolute atomic E-state index is 0.209. The number of hydrogen-bond donors (Lipinski definition) is 2. The van der Waals surface area contributed by atoms with Gasteiger partial charge in [0.25, 0.3) is 0 Å². The Morgan fingerprint density at radius 3 is 3.00 bits per heavy atom. The van der Waals surface area contributed by atoms with E-state index < -0.39 is 0 Å². The minimum atomic E-state index is -0.209. The SMILES string of the molecule is CN1CCCC(CCN(C)C(=O)NN)C1. The van der Waals surface area contributed by atoms with Gasteiger partial charge in [-0.05, 0) is 38.8 Å². The fourth-order valence-electron chi connectivity index (χ4n) is 2.10. The number of amides is 2. The number of hydrazine groups is 1. The van der Waals surface area contributed by atoms with Gasteiger partial charge in [0.1, 0.15) is 0 Å². The van der Waals surface area contributed by atoms with Crippen molar-refractivity contribution >= 4 is 6.03 Å². The summed E-state index contributed by atoms with van der Waals surface area (Å²) in [5, 5.41) is 0. The quantitative estimate of drug-likeness (QED) is 0.402. The Hall–Kier alpha value is -0.810. The summed E-state index contributed by atoms with van der Waals surface area (Å²) >= 11 is 0. The van der Waals surface area contributed by atoms with Gasteiger partial charge >= 0.3 is 6.03 Å². The zero-order valence-corrected chi connectivity index (χ0v) is 9.70. The molecule has 5 nitrogen and oxygen atoms in total. The van der Waals surface area contributed by atoms with Crippen molar-refractivity contribution in [2.45, 2.75) is 19.3 Å². The maximum absolute atomic E-state index is 11.1. The lowest BCUT2D eigenvalue weighted by atomic mass is 9.95. The summed E-state index contributed by atoms with van der Waals surface area (Å²) in [6, 6.07) is -0.209. The van der Waals surface area contributed by atoms with Crippen LogP contribution in [0.25, 0.3) is 0 Å². The number of carbonyl (C=O) groups excluding carboxylic acids is 1. The molecular weight excluding hydrogens is 192 g/mol. The van der Waals surface area contributed by atoms with E-state index in [1.54, 1.807) is 11.9 Å². The minimum Gasteiger partial charge on any atom is -0.327 e. The van der Waals surface area contributed by atoms with E-state index in [1.165, 1.54) is 19.4 Å². The summed E-state index contributed by atoms with van der Waals surface area (Å²) in [4.78, 5) is 15.1. The van der Waals surface area contributed by atoms with Gasteiger partial charge in [-0.25, -0.2) is 10.6 Å². The Kier molecular flexibility index (Phi) is 4.84. The van der Waals surface area contributed by atoms with Crippen LogP contribution in [-0.2, 0) is 0 Å². The second-order valence-corrected chi connectivity index (χ2v) is 4.43. The van der Waals surface area contributed by atoms with Crippen molar-refractivity contribution in [3.05, 3.63) is 0 Å². The number of nitrogens with zero attached hydrogens (tertiary/aromatic N) is 2. The molecule has 3 N–H and O–H groups in total. The smallest absolute Gasteiger partial charge is 0.327 e. The summed E-state index contributed by atoms with van der Waals surface area (Å²) < 4.78 is 0. The second-order valence-electron chi connectivity index (χ2n) is 4.43. The highest BCUT2D eigenvalue weighted by Crippen LogP contribution is 2.18. The fourth-order valence-corrected chi connectivity index (χ4v) is 2.10. The van der Waals surface area contributed by atoms with E-state index in [0.717, 1.165) is 25.4 Å². The van der Waals surface area contributed by atoms with E-state index >= 15 is 0 Å². The number of rotatable bonds is 3. The Balaban J connectivity index is 2.21. The highest BCUT2D eigenvalue weighted by Gasteiger charge is 2.18. The van der Waals surface area contributed by atoms with Crippen LogP contribution in [0.15, 0.2) is 0 Å². The first-order valence-electron chi connectivity index (χ1n) is 5.53. The molecule has 0 spiro atoms. The van der Waals surface area contributed by atoms with Crippen LogP contribution >= 0.6 is 0 Å². The number of urea groups is 1. The van der Waals surface area contributed by atoms with E-state index in [-0.39, 0.29) is 6.03 Å². The molecule has 0 radical (unpaired) electrons. The monoisotopic (exact) mass is 214 g/mol. The number of likely N-dealkylation sites (tertiary alicyclic amines) is 1. The lowest BCUT2D eigenvalue weighted by molar-refractivity contribution is 0.180. The van der Waals surface area contributed by atoms with Crippen LogP contribution in [0.4, 0.5) is 4.79 Å². The van der Waals surface area contributed by atoms with Crippen LogP contribution in [-0.4, -0.2) is 49.6 Å². The van der Waals surface area contributed by atoms with Crippen molar-refractivity contribution in [1.29, 1.82) is 0 Å². The molecule has 0 aliphatic carbocycles. The van der Waals surface area contributed by atoms with Gasteiger partial charge < -0.3 is 9.80 Å². The maximum atomic E-state index is 11.1. The Morgan fingerprint density at radius 1 is 1.67 bits per heavy atom. The second kappa shape index (κ2) is 5.92. The van der Waals surface area contributed by atoms with Crippen molar-refractivity contribution in [2.24, 2.45) is 11.8 Å². The van der Waals surface area contributed by atoms with Gasteiger partial charge in [-0.15, -0.1) is 0 Å². The molecule has 1 fully saturated rings. The number of nitrogens with one attached hydrogen (secondary N) is 1. The molecule has 0 aromatic rings. The van der Waals surface area contributed by atoms with Gasteiger partial charge in [0.15, 0.2) is 0 Å². The molecule has 1 heterocycles. The largest absolute Gasteiger partial charge is 0.331 e. The summed E-state index contributed by atoms with van der Waals surface area (Å²) in [6.07, 6.45) is 3.62. The molecule has 15 heavy (non-hydrogen) atoms.